The van der Waals surface area contributed by atoms with E-state index in [4.69, 9.17) is 16.3 Å². The minimum absolute atomic E-state index is 0.611. The van der Waals surface area contributed by atoms with Gasteiger partial charge in [0.25, 0.3) is 0 Å². The van der Waals surface area contributed by atoms with Crippen molar-refractivity contribution in [2.45, 2.75) is 19.9 Å². The average molecular weight is 355 g/mol. The smallest absolute Gasteiger partial charge is 0.146 e. The molecule has 0 aliphatic heterocycles. The van der Waals surface area contributed by atoms with Gasteiger partial charge in [0.2, 0.25) is 0 Å². The molecule has 0 radical (unpaired) electrons. The summed E-state index contributed by atoms with van der Waals surface area (Å²) in [5, 5.41) is 3.99. The van der Waals surface area contributed by atoms with Gasteiger partial charge in [0.1, 0.15) is 11.5 Å². The third-order valence-electron chi connectivity index (χ3n) is 2.83. The van der Waals surface area contributed by atoms with Crippen LogP contribution in [0, 0.1) is 0 Å². The van der Waals surface area contributed by atoms with Crippen LogP contribution >= 0.6 is 27.5 Å². The quantitative estimate of drug-likeness (QED) is 0.702. The molecule has 2 rings (SSSR count). The molecular formula is C16H17BrClNO. The highest BCUT2D eigenvalue weighted by molar-refractivity contribution is 9.10. The van der Waals surface area contributed by atoms with Crippen LogP contribution in [0.4, 0.5) is 0 Å². The summed E-state index contributed by atoms with van der Waals surface area (Å²) in [5.74, 6) is 1.49. The van der Waals surface area contributed by atoms with Crippen LogP contribution in [0.3, 0.4) is 0 Å². The fraction of sp³-hybridized carbons (Fsp3) is 0.250. The highest BCUT2D eigenvalue weighted by Gasteiger charge is 2.08. The van der Waals surface area contributed by atoms with Crippen LogP contribution in [0.2, 0.25) is 5.02 Å². The molecule has 2 aromatic rings. The van der Waals surface area contributed by atoms with Crippen molar-refractivity contribution >= 4 is 27.5 Å². The molecule has 1 N–H and O–H groups in total. The van der Waals surface area contributed by atoms with Crippen LogP contribution in [0.5, 0.6) is 11.5 Å². The van der Waals surface area contributed by atoms with E-state index in [0.29, 0.717) is 10.8 Å². The minimum Gasteiger partial charge on any atom is -0.455 e. The van der Waals surface area contributed by atoms with Gasteiger partial charge in [-0.05, 0) is 37.2 Å². The van der Waals surface area contributed by atoms with Crippen LogP contribution in [-0.4, -0.2) is 6.54 Å². The lowest BCUT2D eigenvalue weighted by molar-refractivity contribution is 0.472. The molecular weight excluding hydrogens is 338 g/mol. The van der Waals surface area contributed by atoms with Crippen molar-refractivity contribution in [3.05, 3.63) is 57.5 Å². The second-order valence-electron chi connectivity index (χ2n) is 4.46. The molecule has 4 heteroatoms. The van der Waals surface area contributed by atoms with Gasteiger partial charge in [-0.15, -0.1) is 0 Å². The summed E-state index contributed by atoms with van der Waals surface area (Å²) in [7, 11) is 0. The predicted octanol–water partition coefficient (Wildman–Crippen LogP) is 5.39. The fourth-order valence-electron chi connectivity index (χ4n) is 1.82. The Morgan fingerprint density at radius 1 is 1.15 bits per heavy atom. The Balaban J connectivity index is 2.21. The van der Waals surface area contributed by atoms with Gasteiger partial charge in [0, 0.05) is 16.6 Å². The van der Waals surface area contributed by atoms with Crippen molar-refractivity contribution in [1.82, 2.24) is 5.32 Å². The zero-order valence-corrected chi connectivity index (χ0v) is 13.7. The van der Waals surface area contributed by atoms with E-state index in [2.05, 4.69) is 34.2 Å². The maximum absolute atomic E-state index is 6.14. The van der Waals surface area contributed by atoms with E-state index in [0.717, 1.165) is 35.3 Å². The second kappa shape index (κ2) is 7.67. The van der Waals surface area contributed by atoms with Gasteiger partial charge in [-0.3, -0.25) is 0 Å². The van der Waals surface area contributed by atoms with E-state index in [1.165, 1.54) is 0 Å². The summed E-state index contributed by atoms with van der Waals surface area (Å²) < 4.78 is 6.93. The predicted molar refractivity (Wildman–Crippen MR) is 87.7 cm³/mol. The summed E-state index contributed by atoms with van der Waals surface area (Å²) in [5.41, 5.74) is 1.11. The number of para-hydroxylation sites is 1. The second-order valence-corrected chi connectivity index (χ2v) is 5.78. The van der Waals surface area contributed by atoms with Gasteiger partial charge in [-0.1, -0.05) is 52.7 Å². The summed E-state index contributed by atoms with van der Waals surface area (Å²) in [6.07, 6.45) is 1.11. The molecule has 2 aromatic carbocycles. The fourth-order valence-corrected chi connectivity index (χ4v) is 2.33. The van der Waals surface area contributed by atoms with Crippen molar-refractivity contribution in [1.29, 1.82) is 0 Å². The van der Waals surface area contributed by atoms with Gasteiger partial charge in [-0.2, -0.15) is 0 Å². The van der Waals surface area contributed by atoms with Gasteiger partial charge < -0.3 is 10.1 Å². The topological polar surface area (TPSA) is 21.3 Å². The van der Waals surface area contributed by atoms with E-state index in [9.17, 15) is 0 Å². The first-order chi connectivity index (χ1) is 9.70. The number of benzene rings is 2. The summed E-state index contributed by atoms with van der Waals surface area (Å²) in [4.78, 5) is 0. The lowest BCUT2D eigenvalue weighted by atomic mass is 10.2. The van der Waals surface area contributed by atoms with E-state index in [1.807, 2.05) is 36.4 Å². The largest absolute Gasteiger partial charge is 0.455 e. The van der Waals surface area contributed by atoms with Crippen molar-refractivity contribution in [3.63, 3.8) is 0 Å². The third kappa shape index (κ3) is 4.23. The summed E-state index contributed by atoms with van der Waals surface area (Å²) in [6.45, 7) is 3.91. The van der Waals surface area contributed by atoms with Gasteiger partial charge >= 0.3 is 0 Å². The zero-order chi connectivity index (χ0) is 14.4. The maximum Gasteiger partial charge on any atom is 0.146 e. The molecule has 0 atom stereocenters. The molecule has 0 saturated heterocycles. The first-order valence-electron chi connectivity index (χ1n) is 6.62. The Morgan fingerprint density at radius 3 is 2.70 bits per heavy atom. The van der Waals surface area contributed by atoms with Gasteiger partial charge in [-0.25, -0.2) is 0 Å². The van der Waals surface area contributed by atoms with Crippen LogP contribution < -0.4 is 10.1 Å². The molecule has 0 unspecified atom stereocenters. The number of halogens is 2. The molecule has 0 aliphatic rings. The molecule has 0 fully saturated rings. The highest BCUT2D eigenvalue weighted by atomic mass is 79.9. The Morgan fingerprint density at radius 2 is 1.95 bits per heavy atom. The molecule has 0 amide bonds. The van der Waals surface area contributed by atoms with E-state index in [1.54, 1.807) is 0 Å². The lowest BCUT2D eigenvalue weighted by Gasteiger charge is -2.13. The number of ether oxygens (including phenoxy) is 1. The molecule has 0 saturated carbocycles. The maximum atomic E-state index is 6.14. The minimum atomic E-state index is 0.611. The first-order valence-corrected chi connectivity index (χ1v) is 7.79. The Kier molecular flexibility index (Phi) is 5.89. The standard InChI is InChI=1S/C16H17BrClNO/c1-2-9-19-11-12-7-8-13(17)10-16(12)20-15-6-4-3-5-14(15)18/h3-8,10,19H,2,9,11H2,1H3. The van der Waals surface area contributed by atoms with Crippen molar-refractivity contribution in [2.24, 2.45) is 0 Å². The zero-order valence-electron chi connectivity index (χ0n) is 11.3. The van der Waals surface area contributed by atoms with Gasteiger partial charge in [0.05, 0.1) is 5.02 Å². The highest BCUT2D eigenvalue weighted by Crippen LogP contribution is 2.32. The number of nitrogens with one attached hydrogen (secondary N) is 1. The molecule has 2 nitrogen and oxygen atoms in total. The van der Waals surface area contributed by atoms with Crippen LogP contribution in [0.1, 0.15) is 18.9 Å². The molecule has 20 heavy (non-hydrogen) atoms. The Hall–Kier alpha value is -1.03. The van der Waals surface area contributed by atoms with Crippen molar-refractivity contribution in [3.8, 4) is 11.5 Å². The Labute approximate surface area is 133 Å². The molecule has 0 spiro atoms. The van der Waals surface area contributed by atoms with Crippen LogP contribution in [0.15, 0.2) is 46.9 Å². The molecule has 0 aromatic heterocycles. The van der Waals surface area contributed by atoms with Crippen molar-refractivity contribution in [2.75, 3.05) is 6.54 Å². The van der Waals surface area contributed by atoms with Crippen LogP contribution in [0.25, 0.3) is 0 Å². The molecule has 0 bridgehead atoms. The Bertz CT molecular complexity index is 574. The van der Waals surface area contributed by atoms with E-state index in [-0.39, 0.29) is 0 Å². The van der Waals surface area contributed by atoms with Crippen molar-refractivity contribution < 1.29 is 4.74 Å². The van der Waals surface area contributed by atoms with E-state index < -0.39 is 0 Å². The molecule has 0 heterocycles. The average Bonchev–Trinajstić information content (AvgIpc) is 2.44. The van der Waals surface area contributed by atoms with Gasteiger partial charge in [0.15, 0.2) is 0 Å². The number of rotatable bonds is 6. The van der Waals surface area contributed by atoms with Crippen LogP contribution in [-0.2, 0) is 6.54 Å². The first kappa shape index (κ1) is 15.4. The monoisotopic (exact) mass is 353 g/mol. The SMILES string of the molecule is CCCNCc1ccc(Br)cc1Oc1ccccc1Cl. The normalized spacial score (nSPS) is 10.6. The molecule has 106 valence electrons. The van der Waals surface area contributed by atoms with E-state index >= 15 is 0 Å². The number of hydrogen-bond acceptors (Lipinski definition) is 2. The molecule has 0 aliphatic carbocycles. The lowest BCUT2D eigenvalue weighted by Crippen LogP contribution is -2.14. The number of hydrogen-bond donors (Lipinski definition) is 1. The summed E-state index contributed by atoms with van der Waals surface area (Å²) in [6, 6.07) is 13.5. The summed E-state index contributed by atoms with van der Waals surface area (Å²) >= 11 is 9.62. The third-order valence-corrected chi connectivity index (χ3v) is 3.63.